The van der Waals surface area contributed by atoms with Gasteiger partial charge >= 0.3 is 0 Å². The molecule has 0 saturated heterocycles. The minimum absolute atomic E-state index is 0.431. The van der Waals surface area contributed by atoms with Gasteiger partial charge in [0.25, 0.3) is 0 Å². The summed E-state index contributed by atoms with van der Waals surface area (Å²) >= 11 is 3.42. The van der Waals surface area contributed by atoms with Crippen molar-refractivity contribution in [2.75, 3.05) is 13.1 Å². The molecular weight excluding hydrogens is 290 g/mol. The molecule has 0 radical (unpaired) electrons. The first-order valence-electron chi connectivity index (χ1n) is 6.58. The average Bonchev–Trinajstić information content (AvgIpc) is 2.87. The van der Waals surface area contributed by atoms with E-state index in [4.69, 9.17) is 0 Å². The Kier molecular flexibility index (Phi) is 5.42. The summed E-state index contributed by atoms with van der Waals surface area (Å²) in [5, 5.41) is 13.4. The lowest BCUT2D eigenvalue weighted by Crippen LogP contribution is -2.22. The molecule has 18 heavy (non-hydrogen) atoms. The fourth-order valence-electron chi connectivity index (χ4n) is 2.28. The van der Waals surface area contributed by atoms with Crippen LogP contribution in [0.2, 0.25) is 0 Å². The van der Waals surface area contributed by atoms with Gasteiger partial charge in [0.2, 0.25) is 0 Å². The Bertz CT molecular complexity index is 417. The maximum atomic E-state index is 10.0. The van der Waals surface area contributed by atoms with E-state index >= 15 is 0 Å². The molecule has 1 aromatic rings. The summed E-state index contributed by atoms with van der Waals surface area (Å²) in [7, 11) is 0. The molecular formula is C15H20BrNO. The lowest BCUT2D eigenvalue weighted by molar-refractivity contribution is 0.175. The first-order chi connectivity index (χ1) is 8.75. The molecule has 2 N–H and O–H groups in total. The second-order valence-corrected chi connectivity index (χ2v) is 5.70. The monoisotopic (exact) mass is 309 g/mol. The second kappa shape index (κ2) is 7.07. The quantitative estimate of drug-likeness (QED) is 0.622. The van der Waals surface area contributed by atoms with Gasteiger partial charge in [-0.25, -0.2) is 0 Å². The number of benzene rings is 1. The number of aliphatic hydroxyl groups excluding tert-OH is 1. The maximum Gasteiger partial charge on any atom is 0.0914 e. The van der Waals surface area contributed by atoms with Gasteiger partial charge in [-0.3, -0.25) is 0 Å². The van der Waals surface area contributed by atoms with Gasteiger partial charge in [0.1, 0.15) is 0 Å². The van der Waals surface area contributed by atoms with E-state index in [1.165, 1.54) is 19.3 Å². The smallest absolute Gasteiger partial charge is 0.0914 e. The molecule has 3 heteroatoms. The van der Waals surface area contributed by atoms with Gasteiger partial charge in [0, 0.05) is 11.0 Å². The molecule has 2 rings (SSSR count). The van der Waals surface area contributed by atoms with Crippen molar-refractivity contribution < 1.29 is 5.11 Å². The second-order valence-electron chi connectivity index (χ2n) is 4.78. The van der Waals surface area contributed by atoms with Gasteiger partial charge in [0.15, 0.2) is 0 Å². The minimum Gasteiger partial charge on any atom is -0.387 e. The summed E-state index contributed by atoms with van der Waals surface area (Å²) in [6.45, 7) is 1.57. The number of allylic oxidation sites excluding steroid dienone is 1. The number of hydrogen-bond donors (Lipinski definition) is 2. The van der Waals surface area contributed by atoms with E-state index < -0.39 is 6.10 Å². The van der Waals surface area contributed by atoms with Gasteiger partial charge in [0.05, 0.1) is 6.10 Å². The molecule has 0 aliphatic heterocycles. The van der Waals surface area contributed by atoms with E-state index in [1.54, 1.807) is 5.57 Å². The Hall–Kier alpha value is -0.640. The Labute approximate surface area is 117 Å². The molecule has 0 fully saturated rings. The number of hydrogen-bond acceptors (Lipinski definition) is 2. The highest BCUT2D eigenvalue weighted by Gasteiger charge is 2.08. The van der Waals surface area contributed by atoms with Gasteiger partial charge in [-0.1, -0.05) is 39.7 Å². The Balaban J connectivity index is 1.69. The van der Waals surface area contributed by atoms with Crippen molar-refractivity contribution in [1.29, 1.82) is 0 Å². The fraction of sp³-hybridized carbons (Fsp3) is 0.467. The van der Waals surface area contributed by atoms with Crippen molar-refractivity contribution in [3.63, 3.8) is 0 Å². The van der Waals surface area contributed by atoms with Crippen LogP contribution in [0, 0.1) is 0 Å². The summed E-state index contributed by atoms with van der Waals surface area (Å²) in [6.07, 6.45) is 6.86. The van der Waals surface area contributed by atoms with Gasteiger partial charge in [-0.2, -0.15) is 0 Å². The number of halogens is 1. The molecule has 0 heterocycles. The van der Waals surface area contributed by atoms with Crippen LogP contribution in [0.5, 0.6) is 0 Å². The van der Waals surface area contributed by atoms with Crippen LogP contribution in [0.3, 0.4) is 0 Å². The van der Waals surface area contributed by atoms with Crippen molar-refractivity contribution in [3.8, 4) is 0 Å². The molecule has 1 unspecified atom stereocenters. The normalized spacial score (nSPS) is 16.7. The van der Waals surface area contributed by atoms with E-state index in [0.29, 0.717) is 6.54 Å². The van der Waals surface area contributed by atoms with Crippen molar-refractivity contribution in [1.82, 2.24) is 5.32 Å². The molecule has 0 amide bonds. The van der Waals surface area contributed by atoms with E-state index in [1.807, 2.05) is 24.3 Å². The molecule has 1 aromatic carbocycles. The third kappa shape index (κ3) is 4.23. The summed E-state index contributed by atoms with van der Waals surface area (Å²) in [5.41, 5.74) is 2.52. The molecule has 98 valence electrons. The first-order valence-corrected chi connectivity index (χ1v) is 7.37. The van der Waals surface area contributed by atoms with Gasteiger partial charge < -0.3 is 10.4 Å². The summed E-state index contributed by atoms with van der Waals surface area (Å²) in [6, 6.07) is 7.84. The van der Waals surface area contributed by atoms with E-state index in [9.17, 15) is 5.11 Å². The summed E-state index contributed by atoms with van der Waals surface area (Å²) in [4.78, 5) is 0. The Morgan fingerprint density at radius 3 is 3.00 bits per heavy atom. The van der Waals surface area contributed by atoms with E-state index in [-0.39, 0.29) is 0 Å². The maximum absolute atomic E-state index is 10.0. The molecule has 1 atom stereocenters. The van der Waals surface area contributed by atoms with Crippen LogP contribution in [0.1, 0.15) is 37.4 Å². The van der Waals surface area contributed by atoms with Gasteiger partial charge in [-0.15, -0.1) is 0 Å². The van der Waals surface area contributed by atoms with Crippen LogP contribution in [0.25, 0.3) is 0 Å². The summed E-state index contributed by atoms with van der Waals surface area (Å²) < 4.78 is 1.01. The molecule has 0 saturated carbocycles. The molecule has 1 aliphatic carbocycles. The average molecular weight is 310 g/mol. The molecule has 0 bridgehead atoms. The highest BCUT2D eigenvalue weighted by atomic mass is 79.9. The van der Waals surface area contributed by atoms with Crippen molar-refractivity contribution in [2.45, 2.75) is 31.8 Å². The Morgan fingerprint density at radius 1 is 1.39 bits per heavy atom. The fourth-order valence-corrected chi connectivity index (χ4v) is 2.70. The molecule has 2 nitrogen and oxygen atoms in total. The van der Waals surface area contributed by atoms with Crippen LogP contribution >= 0.6 is 15.9 Å². The highest BCUT2D eigenvalue weighted by Crippen LogP contribution is 2.20. The number of rotatable bonds is 6. The highest BCUT2D eigenvalue weighted by molar-refractivity contribution is 9.10. The third-order valence-corrected chi connectivity index (χ3v) is 3.82. The van der Waals surface area contributed by atoms with Crippen molar-refractivity contribution >= 4 is 15.9 Å². The number of nitrogens with one attached hydrogen (secondary N) is 1. The molecule has 0 aromatic heterocycles. The predicted octanol–water partition coefficient (Wildman–Crippen LogP) is 3.57. The topological polar surface area (TPSA) is 32.3 Å². The third-order valence-electron chi connectivity index (χ3n) is 3.33. The van der Waals surface area contributed by atoms with Crippen molar-refractivity contribution in [3.05, 3.63) is 46.0 Å². The van der Waals surface area contributed by atoms with Crippen molar-refractivity contribution in [2.24, 2.45) is 0 Å². The zero-order valence-electron chi connectivity index (χ0n) is 10.5. The van der Waals surface area contributed by atoms with Gasteiger partial charge in [-0.05, 0) is 49.9 Å². The minimum atomic E-state index is -0.431. The van der Waals surface area contributed by atoms with Crippen LogP contribution in [-0.4, -0.2) is 18.2 Å². The van der Waals surface area contributed by atoms with Crippen LogP contribution in [0.4, 0.5) is 0 Å². The van der Waals surface area contributed by atoms with Crippen LogP contribution in [-0.2, 0) is 0 Å². The van der Waals surface area contributed by atoms with Crippen LogP contribution in [0.15, 0.2) is 40.4 Å². The zero-order chi connectivity index (χ0) is 12.8. The standard InChI is InChI=1S/C15H20BrNO/c16-14-7-3-6-13(10-14)15(18)11-17-9-8-12-4-1-2-5-12/h3-4,6-7,10,15,17-18H,1-2,5,8-9,11H2. The lowest BCUT2D eigenvalue weighted by Gasteiger charge is -2.12. The SMILES string of the molecule is OC(CNCCC1=CCCC1)c1cccc(Br)c1. The number of aliphatic hydroxyl groups is 1. The van der Waals surface area contributed by atoms with E-state index in [2.05, 4.69) is 27.3 Å². The Morgan fingerprint density at radius 2 is 2.28 bits per heavy atom. The van der Waals surface area contributed by atoms with E-state index in [0.717, 1.165) is 23.0 Å². The lowest BCUT2D eigenvalue weighted by atomic mass is 10.1. The zero-order valence-corrected chi connectivity index (χ0v) is 12.1. The first kappa shape index (κ1) is 13.8. The molecule has 0 spiro atoms. The molecule has 1 aliphatic rings. The largest absolute Gasteiger partial charge is 0.387 e. The summed E-state index contributed by atoms with van der Waals surface area (Å²) in [5.74, 6) is 0. The predicted molar refractivity (Wildman–Crippen MR) is 78.5 cm³/mol. The van der Waals surface area contributed by atoms with Crippen LogP contribution < -0.4 is 5.32 Å².